The molecule has 23 heavy (non-hydrogen) atoms. The molecule has 0 bridgehead atoms. The van der Waals surface area contributed by atoms with Crippen molar-refractivity contribution < 1.29 is 23.0 Å². The number of alkyl halides is 2. The van der Waals surface area contributed by atoms with E-state index < -0.39 is 24.7 Å². The summed E-state index contributed by atoms with van der Waals surface area (Å²) >= 11 is 0. The summed E-state index contributed by atoms with van der Waals surface area (Å²) in [7, 11) is 0. The van der Waals surface area contributed by atoms with E-state index in [9.17, 15) is 13.6 Å². The molecule has 1 saturated heterocycles. The van der Waals surface area contributed by atoms with Gasteiger partial charge in [-0.15, -0.1) is 12.4 Å². The normalized spacial score (nSPS) is 19.4. The highest BCUT2D eigenvalue weighted by atomic mass is 35.5. The lowest BCUT2D eigenvalue weighted by atomic mass is 9.93. The number of ether oxygens (including phenoxy) is 2. The number of rotatable bonds is 3. The highest BCUT2D eigenvalue weighted by Gasteiger charge is 2.48. The number of hydrogen-bond donors (Lipinski definition) is 1. The molecule has 0 aromatic heterocycles. The number of carbonyl (C=O) groups is 1. The van der Waals surface area contributed by atoms with Gasteiger partial charge in [0.2, 0.25) is 0 Å². The van der Waals surface area contributed by atoms with Crippen molar-refractivity contribution in [3.05, 3.63) is 42.0 Å². The van der Waals surface area contributed by atoms with Gasteiger partial charge in [-0.1, -0.05) is 30.3 Å². The summed E-state index contributed by atoms with van der Waals surface area (Å²) < 4.78 is 38.5. The minimum absolute atomic E-state index is 0. The van der Waals surface area contributed by atoms with Gasteiger partial charge in [0.05, 0.1) is 6.61 Å². The van der Waals surface area contributed by atoms with E-state index in [-0.39, 0.29) is 18.0 Å². The van der Waals surface area contributed by atoms with Gasteiger partial charge in [0.15, 0.2) is 6.61 Å². The summed E-state index contributed by atoms with van der Waals surface area (Å²) in [5, 5.41) is 3.65. The van der Waals surface area contributed by atoms with Crippen LogP contribution in [0.2, 0.25) is 0 Å². The van der Waals surface area contributed by atoms with Gasteiger partial charge in [-0.05, 0) is 23.8 Å². The molecule has 1 amide bonds. The average molecular weight is 344 g/mol. The SMILES string of the molecule is CCOc1ccc2ccccc2c1[C@H]1NC(=O)OCC1(F)F.Cl. The van der Waals surface area contributed by atoms with Gasteiger partial charge in [-0.25, -0.2) is 13.6 Å². The van der Waals surface area contributed by atoms with E-state index in [1.54, 1.807) is 25.1 Å². The van der Waals surface area contributed by atoms with Crippen molar-refractivity contribution in [2.24, 2.45) is 0 Å². The van der Waals surface area contributed by atoms with E-state index in [2.05, 4.69) is 10.1 Å². The molecule has 1 N–H and O–H groups in total. The summed E-state index contributed by atoms with van der Waals surface area (Å²) in [6, 6.07) is 9.13. The third kappa shape index (κ3) is 3.17. The Morgan fingerprint density at radius 2 is 2.04 bits per heavy atom. The van der Waals surface area contributed by atoms with Crippen molar-refractivity contribution in [3.8, 4) is 5.75 Å². The zero-order chi connectivity index (χ0) is 15.7. The van der Waals surface area contributed by atoms with Crippen LogP contribution in [0.4, 0.5) is 13.6 Å². The number of halogens is 3. The second-order valence-electron chi connectivity index (χ2n) is 5.05. The molecule has 0 radical (unpaired) electrons. The quantitative estimate of drug-likeness (QED) is 0.913. The van der Waals surface area contributed by atoms with Crippen molar-refractivity contribution in [3.63, 3.8) is 0 Å². The number of carbonyl (C=O) groups excluding carboxylic acids is 1. The molecular formula is C16H16ClF2NO3. The number of amides is 1. The Labute approximate surface area is 138 Å². The van der Waals surface area contributed by atoms with Crippen LogP contribution in [0.25, 0.3) is 10.8 Å². The zero-order valence-electron chi connectivity index (χ0n) is 12.3. The highest BCUT2D eigenvalue weighted by Crippen LogP contribution is 2.42. The van der Waals surface area contributed by atoms with E-state index >= 15 is 0 Å². The molecule has 4 nitrogen and oxygen atoms in total. The minimum Gasteiger partial charge on any atom is -0.493 e. The fourth-order valence-electron chi connectivity index (χ4n) is 2.65. The van der Waals surface area contributed by atoms with Crippen LogP contribution in [0.3, 0.4) is 0 Å². The summed E-state index contributed by atoms with van der Waals surface area (Å²) in [6.07, 6.45) is -0.855. The average Bonchev–Trinajstić information content (AvgIpc) is 2.50. The number of benzene rings is 2. The Morgan fingerprint density at radius 3 is 2.78 bits per heavy atom. The largest absolute Gasteiger partial charge is 0.493 e. The molecule has 0 saturated carbocycles. The summed E-state index contributed by atoms with van der Waals surface area (Å²) in [4.78, 5) is 11.4. The standard InChI is InChI=1S/C16H15F2NO3.ClH/c1-2-21-12-8-7-10-5-3-4-6-11(10)13(12)14-16(17,18)9-22-15(20)19-14;/h3-8,14H,2,9H2,1H3,(H,19,20);1H/t14-;/m1./s1. The fourth-order valence-corrected chi connectivity index (χ4v) is 2.65. The van der Waals surface area contributed by atoms with Gasteiger partial charge in [-0.3, -0.25) is 0 Å². The van der Waals surface area contributed by atoms with E-state index in [0.29, 0.717) is 17.7 Å². The van der Waals surface area contributed by atoms with Crippen LogP contribution < -0.4 is 10.1 Å². The summed E-state index contributed by atoms with van der Waals surface area (Å²) in [6.45, 7) is 1.17. The van der Waals surface area contributed by atoms with Crippen LogP contribution in [-0.2, 0) is 4.74 Å². The van der Waals surface area contributed by atoms with Gasteiger partial charge in [-0.2, -0.15) is 0 Å². The Kier molecular flexibility index (Phi) is 4.94. The number of alkyl carbamates (subject to hydrolysis) is 1. The van der Waals surface area contributed by atoms with Crippen molar-refractivity contribution in [1.82, 2.24) is 5.32 Å². The molecule has 3 rings (SSSR count). The first-order valence-corrected chi connectivity index (χ1v) is 6.98. The van der Waals surface area contributed by atoms with Crippen molar-refractivity contribution >= 4 is 29.3 Å². The maximum atomic E-state index is 14.3. The monoisotopic (exact) mass is 343 g/mol. The molecule has 1 heterocycles. The molecule has 0 spiro atoms. The second kappa shape index (κ2) is 6.58. The van der Waals surface area contributed by atoms with Crippen molar-refractivity contribution in [1.29, 1.82) is 0 Å². The van der Waals surface area contributed by atoms with Crippen LogP contribution in [-0.4, -0.2) is 25.2 Å². The number of nitrogens with one attached hydrogen (secondary N) is 1. The topological polar surface area (TPSA) is 47.6 Å². The molecule has 124 valence electrons. The first kappa shape index (κ1) is 17.3. The predicted octanol–water partition coefficient (Wildman–Crippen LogP) is 4.08. The Bertz CT molecular complexity index is 724. The molecule has 2 aromatic rings. The molecule has 0 unspecified atom stereocenters. The van der Waals surface area contributed by atoms with E-state index in [4.69, 9.17) is 4.74 Å². The highest BCUT2D eigenvalue weighted by molar-refractivity contribution is 5.89. The third-order valence-electron chi connectivity index (χ3n) is 3.60. The first-order valence-electron chi connectivity index (χ1n) is 6.98. The fraction of sp³-hybridized carbons (Fsp3) is 0.312. The van der Waals surface area contributed by atoms with Crippen LogP contribution in [0, 0.1) is 0 Å². The lowest BCUT2D eigenvalue weighted by Gasteiger charge is -2.33. The molecule has 7 heteroatoms. The van der Waals surface area contributed by atoms with Gasteiger partial charge < -0.3 is 14.8 Å². The van der Waals surface area contributed by atoms with E-state index in [1.807, 2.05) is 18.2 Å². The smallest absolute Gasteiger partial charge is 0.408 e. The van der Waals surface area contributed by atoms with E-state index in [1.165, 1.54) is 0 Å². The van der Waals surface area contributed by atoms with Crippen LogP contribution in [0.1, 0.15) is 18.5 Å². The Hall–Kier alpha value is -2.08. The molecule has 2 aromatic carbocycles. The minimum atomic E-state index is -3.22. The van der Waals surface area contributed by atoms with E-state index in [0.717, 1.165) is 5.39 Å². The second-order valence-corrected chi connectivity index (χ2v) is 5.05. The first-order chi connectivity index (χ1) is 10.5. The number of cyclic esters (lactones) is 1. The van der Waals surface area contributed by atoms with Crippen LogP contribution >= 0.6 is 12.4 Å². The van der Waals surface area contributed by atoms with Gasteiger partial charge in [0, 0.05) is 5.56 Å². The molecule has 1 aliphatic rings. The number of fused-ring (bicyclic) bond motifs is 1. The molecule has 1 aliphatic heterocycles. The molecular weight excluding hydrogens is 328 g/mol. The number of hydrogen-bond acceptors (Lipinski definition) is 3. The maximum Gasteiger partial charge on any atom is 0.408 e. The van der Waals surface area contributed by atoms with Gasteiger partial charge >= 0.3 is 12.0 Å². The summed E-state index contributed by atoms with van der Waals surface area (Å²) in [5.41, 5.74) is 0.279. The molecule has 0 aliphatic carbocycles. The Morgan fingerprint density at radius 1 is 1.30 bits per heavy atom. The van der Waals surface area contributed by atoms with Gasteiger partial charge in [0.25, 0.3) is 0 Å². The summed E-state index contributed by atoms with van der Waals surface area (Å²) in [5.74, 6) is -2.88. The van der Waals surface area contributed by atoms with Gasteiger partial charge in [0.1, 0.15) is 11.8 Å². The van der Waals surface area contributed by atoms with Crippen molar-refractivity contribution in [2.75, 3.05) is 13.2 Å². The van der Waals surface area contributed by atoms with Crippen LogP contribution in [0.5, 0.6) is 5.75 Å². The predicted molar refractivity (Wildman–Crippen MR) is 84.5 cm³/mol. The molecule has 1 atom stereocenters. The lowest BCUT2D eigenvalue weighted by Crippen LogP contribution is -2.49. The van der Waals surface area contributed by atoms with Crippen LogP contribution in [0.15, 0.2) is 36.4 Å². The zero-order valence-corrected chi connectivity index (χ0v) is 13.2. The third-order valence-corrected chi connectivity index (χ3v) is 3.60. The Balaban J connectivity index is 0.00000192. The van der Waals surface area contributed by atoms with Crippen molar-refractivity contribution in [2.45, 2.75) is 18.9 Å². The maximum absolute atomic E-state index is 14.3. The lowest BCUT2D eigenvalue weighted by molar-refractivity contribution is -0.104. The molecule has 1 fully saturated rings.